The van der Waals surface area contributed by atoms with Gasteiger partial charge in [-0.1, -0.05) is 39.0 Å². The molecule has 0 bridgehead atoms. The molecule has 1 aromatic heterocycles. The molecule has 0 aromatic carbocycles. The van der Waals surface area contributed by atoms with Gasteiger partial charge in [-0.3, -0.25) is 0 Å². The highest BCUT2D eigenvalue weighted by atomic mass is 79.9. The first kappa shape index (κ1) is 23.9. The summed E-state index contributed by atoms with van der Waals surface area (Å²) in [4.78, 5) is 17.6. The number of rotatable bonds is 5. The van der Waals surface area contributed by atoms with Crippen molar-refractivity contribution in [1.29, 1.82) is 0 Å². The number of unbranched alkanes of at least 4 members (excludes halogenated alkanes) is 1. The van der Waals surface area contributed by atoms with Gasteiger partial charge in [0.1, 0.15) is 17.0 Å². The van der Waals surface area contributed by atoms with Crippen molar-refractivity contribution in [3.8, 4) is 0 Å². The Kier molecular flexibility index (Phi) is 8.31. The number of halogens is 1. The molecule has 3 rings (SSSR count). The van der Waals surface area contributed by atoms with E-state index in [9.17, 15) is 0 Å². The van der Waals surface area contributed by atoms with Crippen molar-refractivity contribution in [3.63, 3.8) is 0 Å². The van der Waals surface area contributed by atoms with Gasteiger partial charge in [0.25, 0.3) is 0 Å². The van der Waals surface area contributed by atoms with E-state index in [1.165, 1.54) is 0 Å². The van der Waals surface area contributed by atoms with E-state index in [4.69, 9.17) is 10.7 Å². The maximum Gasteiger partial charge on any atom is 0.159 e. The van der Waals surface area contributed by atoms with Crippen LogP contribution in [0.25, 0.3) is 0 Å². The Morgan fingerprint density at radius 1 is 1.26 bits per heavy atom. The first-order chi connectivity index (χ1) is 11.8. The van der Waals surface area contributed by atoms with Gasteiger partial charge in [-0.2, -0.15) is 0 Å². The summed E-state index contributed by atoms with van der Waals surface area (Å²) < 4.78 is 0. The molecule has 6 nitrogen and oxygen atoms in total. The second kappa shape index (κ2) is 9.39. The minimum Gasteiger partial charge on any atom is -0.412 e. The van der Waals surface area contributed by atoms with Crippen molar-refractivity contribution in [2.24, 2.45) is 16.1 Å². The number of anilines is 1. The van der Waals surface area contributed by atoms with Crippen LogP contribution < -0.4 is 10.6 Å². The predicted molar refractivity (Wildman–Crippen MR) is 121 cm³/mol. The number of aliphatic imine (C=N–C) groups is 1. The number of aromatic nitrogens is 2. The maximum atomic E-state index is 6.36. The van der Waals surface area contributed by atoms with Crippen LogP contribution in [0.5, 0.6) is 0 Å². The standard InChI is InChI=1S/C19H29N5S.BrH.H2O/c1-6-7-8-24(12(2)3)17-15-18(22-11-21-17)25-16-13(20)9-19(4,5)10-14(16)23-15;;/h11-12H,6-10,20H2,1-5H3;1H;1H2. The summed E-state index contributed by atoms with van der Waals surface area (Å²) in [5.74, 6) is 0.953. The fraction of sp³-hybridized carbons (Fsp3) is 0.632. The summed E-state index contributed by atoms with van der Waals surface area (Å²) in [6.07, 6.45) is 5.83. The van der Waals surface area contributed by atoms with E-state index < -0.39 is 0 Å². The van der Waals surface area contributed by atoms with Crippen LogP contribution in [0.4, 0.5) is 11.5 Å². The van der Waals surface area contributed by atoms with Gasteiger partial charge >= 0.3 is 0 Å². The molecular weight excluding hydrogens is 426 g/mol. The third-order valence-electron chi connectivity index (χ3n) is 4.73. The van der Waals surface area contributed by atoms with E-state index in [2.05, 4.69) is 49.5 Å². The second-order valence-electron chi connectivity index (χ2n) is 8.02. The van der Waals surface area contributed by atoms with E-state index in [1.807, 2.05) is 0 Å². The van der Waals surface area contributed by atoms with Gasteiger partial charge in [-0.25, -0.2) is 15.0 Å². The number of hydrogen-bond acceptors (Lipinski definition) is 6. The highest BCUT2D eigenvalue weighted by Crippen LogP contribution is 2.49. The average molecular weight is 458 g/mol. The van der Waals surface area contributed by atoms with Gasteiger partial charge in [0, 0.05) is 18.3 Å². The molecule has 0 fully saturated rings. The number of allylic oxidation sites excluding steroid dienone is 2. The Hall–Kier alpha value is -1.12. The molecule has 1 aromatic rings. The molecule has 2 aliphatic rings. The summed E-state index contributed by atoms with van der Waals surface area (Å²) in [5.41, 5.74) is 9.47. The van der Waals surface area contributed by atoms with Crippen LogP contribution in [-0.4, -0.2) is 33.7 Å². The molecule has 0 saturated carbocycles. The van der Waals surface area contributed by atoms with E-state index >= 15 is 0 Å². The van der Waals surface area contributed by atoms with Crippen molar-refractivity contribution in [2.45, 2.75) is 71.4 Å². The van der Waals surface area contributed by atoms with Crippen molar-refractivity contribution in [1.82, 2.24) is 9.97 Å². The van der Waals surface area contributed by atoms with Gasteiger partial charge in [0.05, 0.1) is 10.6 Å². The number of thioether (sulfide) groups is 1. The highest BCUT2D eigenvalue weighted by Gasteiger charge is 2.35. The van der Waals surface area contributed by atoms with Crippen molar-refractivity contribution in [2.75, 3.05) is 11.4 Å². The van der Waals surface area contributed by atoms with Gasteiger partial charge in [-0.15, -0.1) is 17.0 Å². The lowest BCUT2D eigenvalue weighted by molar-refractivity contribution is 0.371. The molecule has 0 amide bonds. The van der Waals surface area contributed by atoms with Crippen LogP contribution in [0.1, 0.15) is 60.3 Å². The minimum absolute atomic E-state index is 0. The Labute approximate surface area is 177 Å². The van der Waals surface area contributed by atoms with Gasteiger partial charge in [-0.05, 0) is 38.5 Å². The lowest BCUT2D eigenvalue weighted by Gasteiger charge is -2.35. The molecule has 152 valence electrons. The molecule has 0 spiro atoms. The topological polar surface area (TPSA) is 98.9 Å². The molecule has 0 unspecified atom stereocenters. The van der Waals surface area contributed by atoms with Crippen molar-refractivity contribution < 1.29 is 5.48 Å². The number of nitrogens with two attached hydrogens (primary N) is 1. The van der Waals surface area contributed by atoms with E-state index in [-0.39, 0.29) is 27.9 Å². The molecule has 4 N–H and O–H groups in total. The molecular formula is C19H32BrN5OS. The van der Waals surface area contributed by atoms with Crippen LogP contribution in [0.3, 0.4) is 0 Å². The van der Waals surface area contributed by atoms with Gasteiger partial charge in [0.2, 0.25) is 0 Å². The first-order valence-corrected chi connectivity index (χ1v) is 10.00. The van der Waals surface area contributed by atoms with Crippen molar-refractivity contribution >= 4 is 46.0 Å². The van der Waals surface area contributed by atoms with Crippen LogP contribution >= 0.6 is 28.7 Å². The molecule has 8 heteroatoms. The molecule has 0 atom stereocenters. The number of nitrogens with zero attached hydrogens (tertiary/aromatic N) is 4. The normalized spacial score (nSPS) is 17.3. The monoisotopic (exact) mass is 457 g/mol. The maximum absolute atomic E-state index is 6.36. The molecule has 2 heterocycles. The molecule has 1 aliphatic heterocycles. The largest absolute Gasteiger partial charge is 0.412 e. The lowest BCUT2D eigenvalue weighted by atomic mass is 9.78. The average Bonchev–Trinajstić information content (AvgIpc) is 2.53. The fourth-order valence-electron chi connectivity index (χ4n) is 3.50. The van der Waals surface area contributed by atoms with E-state index in [1.54, 1.807) is 18.1 Å². The molecule has 0 saturated heterocycles. The van der Waals surface area contributed by atoms with Gasteiger partial charge < -0.3 is 16.1 Å². The van der Waals surface area contributed by atoms with Crippen molar-refractivity contribution in [3.05, 3.63) is 16.9 Å². The Morgan fingerprint density at radius 3 is 2.59 bits per heavy atom. The zero-order valence-electron chi connectivity index (χ0n) is 16.9. The quantitative estimate of drug-likeness (QED) is 0.659. The summed E-state index contributed by atoms with van der Waals surface area (Å²) >= 11 is 1.66. The van der Waals surface area contributed by atoms with Crippen LogP contribution in [0.15, 0.2) is 26.9 Å². The summed E-state index contributed by atoms with van der Waals surface area (Å²) in [7, 11) is 0. The SMILES string of the molecule is Br.CCCCN(c1ncnc2c1N=C1CC(C)(C)CC(N)=C1S2)C(C)C.O. The Bertz CT molecular complexity index is 733. The summed E-state index contributed by atoms with van der Waals surface area (Å²) in [6, 6.07) is 0.376. The fourth-order valence-corrected chi connectivity index (χ4v) is 4.46. The summed E-state index contributed by atoms with van der Waals surface area (Å²) in [5, 5.41) is 0.925. The molecule has 1 aliphatic carbocycles. The molecule has 0 radical (unpaired) electrons. The van der Waals surface area contributed by atoms with Crippen LogP contribution in [0, 0.1) is 5.41 Å². The third-order valence-corrected chi connectivity index (χ3v) is 5.93. The molecule has 27 heavy (non-hydrogen) atoms. The zero-order valence-corrected chi connectivity index (χ0v) is 19.4. The van der Waals surface area contributed by atoms with Crippen LogP contribution in [0.2, 0.25) is 0 Å². The Balaban J connectivity index is 0.00000182. The second-order valence-corrected chi connectivity index (χ2v) is 9.02. The summed E-state index contributed by atoms with van der Waals surface area (Å²) in [6.45, 7) is 12.1. The van der Waals surface area contributed by atoms with Gasteiger partial charge in [0.15, 0.2) is 5.82 Å². The third kappa shape index (κ3) is 5.03. The van der Waals surface area contributed by atoms with E-state index in [0.29, 0.717) is 6.04 Å². The zero-order chi connectivity index (χ0) is 18.2. The predicted octanol–water partition coefficient (Wildman–Crippen LogP) is 4.41. The minimum atomic E-state index is 0. The smallest absolute Gasteiger partial charge is 0.159 e. The van der Waals surface area contributed by atoms with E-state index in [0.717, 1.165) is 65.1 Å². The van der Waals surface area contributed by atoms with Crippen LogP contribution in [-0.2, 0) is 0 Å². The lowest BCUT2D eigenvalue weighted by Crippen LogP contribution is -2.33. The number of hydrogen-bond donors (Lipinski definition) is 1. The Morgan fingerprint density at radius 2 is 1.96 bits per heavy atom. The number of fused-ring (bicyclic) bond motifs is 2. The first-order valence-electron chi connectivity index (χ1n) is 9.18. The highest BCUT2D eigenvalue weighted by molar-refractivity contribution is 8.93.